The van der Waals surface area contributed by atoms with Crippen molar-refractivity contribution in [3.05, 3.63) is 16.1 Å². The van der Waals surface area contributed by atoms with E-state index in [1.165, 1.54) is 0 Å². The van der Waals surface area contributed by atoms with E-state index in [4.69, 9.17) is 0 Å². The van der Waals surface area contributed by atoms with E-state index in [1.807, 2.05) is 11.8 Å². The van der Waals surface area contributed by atoms with Gasteiger partial charge in [-0.25, -0.2) is 9.37 Å². The fourth-order valence-electron chi connectivity index (χ4n) is 2.08. The molecule has 1 atom stereocenters. The van der Waals surface area contributed by atoms with Gasteiger partial charge in [0.1, 0.15) is 11.7 Å². The van der Waals surface area contributed by atoms with Gasteiger partial charge in [0.05, 0.1) is 16.0 Å². The van der Waals surface area contributed by atoms with E-state index >= 15 is 0 Å². The van der Waals surface area contributed by atoms with E-state index in [0.717, 1.165) is 9.88 Å². The number of aryl methyl sites for hydroxylation is 1. The molecular formula is C12H16FN3S. The van der Waals surface area contributed by atoms with Gasteiger partial charge in [-0.15, -0.1) is 11.3 Å². The van der Waals surface area contributed by atoms with Crippen molar-refractivity contribution in [1.82, 2.24) is 9.88 Å². The molecule has 0 aliphatic carbocycles. The Morgan fingerprint density at radius 2 is 2.24 bits per heavy atom. The molecule has 17 heavy (non-hydrogen) atoms. The molecule has 0 N–H and O–H groups in total. The van der Waals surface area contributed by atoms with Gasteiger partial charge in [0, 0.05) is 19.3 Å². The van der Waals surface area contributed by atoms with Crippen molar-refractivity contribution < 1.29 is 4.39 Å². The molecule has 5 heteroatoms. The molecule has 92 valence electrons. The van der Waals surface area contributed by atoms with Gasteiger partial charge in [0.25, 0.3) is 0 Å². The third-order valence-electron chi connectivity index (χ3n) is 3.24. The van der Waals surface area contributed by atoms with Crippen molar-refractivity contribution in [3.63, 3.8) is 0 Å². The lowest BCUT2D eigenvalue weighted by molar-refractivity contribution is 0.0630. The fourth-order valence-corrected chi connectivity index (χ4v) is 2.94. The van der Waals surface area contributed by atoms with Crippen LogP contribution in [0.2, 0.25) is 0 Å². The molecule has 0 aromatic carbocycles. The van der Waals surface area contributed by atoms with Crippen LogP contribution in [-0.2, 0) is 0 Å². The first-order valence-electron chi connectivity index (χ1n) is 5.77. The Morgan fingerprint density at radius 3 is 2.71 bits per heavy atom. The predicted octanol–water partition coefficient (Wildman–Crippen LogP) is 2.84. The smallest absolute Gasteiger partial charge is 0.134 e. The molecule has 1 unspecified atom stereocenters. The van der Waals surface area contributed by atoms with Crippen LogP contribution < -0.4 is 0 Å². The fraction of sp³-hybridized carbons (Fsp3) is 0.667. The maximum atomic E-state index is 13.7. The van der Waals surface area contributed by atoms with Crippen LogP contribution in [0, 0.1) is 18.3 Å². The average molecular weight is 253 g/mol. The highest BCUT2D eigenvalue weighted by Gasteiger charge is 2.33. The summed E-state index contributed by atoms with van der Waals surface area (Å²) in [5.41, 5.74) is -1.07. The van der Waals surface area contributed by atoms with Crippen molar-refractivity contribution in [2.75, 3.05) is 13.1 Å². The van der Waals surface area contributed by atoms with Crippen LogP contribution in [0.1, 0.15) is 35.7 Å². The molecule has 1 aliphatic heterocycles. The molecule has 2 heterocycles. The summed E-state index contributed by atoms with van der Waals surface area (Å²) in [6, 6.07) is 2.04. The van der Waals surface area contributed by atoms with Crippen LogP contribution in [0.4, 0.5) is 4.39 Å². The molecule has 0 radical (unpaired) electrons. The maximum absolute atomic E-state index is 13.7. The van der Waals surface area contributed by atoms with Crippen LogP contribution in [-0.4, -0.2) is 28.6 Å². The second-order valence-electron chi connectivity index (χ2n) is 4.76. The SMILES string of the molecule is Cc1ncc(C(C#N)N2CCC(C)(F)CC2)s1. The molecule has 1 saturated heterocycles. The number of hydrogen-bond acceptors (Lipinski definition) is 4. The summed E-state index contributed by atoms with van der Waals surface area (Å²) in [7, 11) is 0. The number of thiazole rings is 1. The van der Waals surface area contributed by atoms with Crippen molar-refractivity contribution in [1.29, 1.82) is 5.26 Å². The number of rotatable bonds is 2. The summed E-state index contributed by atoms with van der Waals surface area (Å²) < 4.78 is 13.7. The molecule has 1 aromatic heterocycles. The lowest BCUT2D eigenvalue weighted by Crippen LogP contribution is -2.41. The van der Waals surface area contributed by atoms with Crippen LogP contribution in [0.5, 0.6) is 0 Å². The topological polar surface area (TPSA) is 39.9 Å². The minimum absolute atomic E-state index is 0.266. The normalized spacial score (nSPS) is 22.0. The molecule has 3 nitrogen and oxygen atoms in total. The highest BCUT2D eigenvalue weighted by atomic mass is 32.1. The number of aromatic nitrogens is 1. The Morgan fingerprint density at radius 1 is 1.59 bits per heavy atom. The Bertz CT molecular complexity index is 425. The molecular weight excluding hydrogens is 237 g/mol. The lowest BCUT2D eigenvalue weighted by atomic mass is 9.94. The number of piperidine rings is 1. The third-order valence-corrected chi connectivity index (χ3v) is 4.20. The number of nitriles is 1. The van der Waals surface area contributed by atoms with Gasteiger partial charge >= 0.3 is 0 Å². The van der Waals surface area contributed by atoms with E-state index in [0.29, 0.717) is 25.9 Å². The van der Waals surface area contributed by atoms with Gasteiger partial charge in [0.2, 0.25) is 0 Å². The Labute approximate surface area is 105 Å². The van der Waals surface area contributed by atoms with E-state index in [9.17, 15) is 9.65 Å². The second kappa shape index (κ2) is 4.71. The quantitative estimate of drug-likeness (QED) is 0.813. The van der Waals surface area contributed by atoms with Crippen LogP contribution >= 0.6 is 11.3 Å². The monoisotopic (exact) mass is 253 g/mol. The van der Waals surface area contributed by atoms with Crippen LogP contribution in [0.3, 0.4) is 0 Å². The van der Waals surface area contributed by atoms with E-state index in [-0.39, 0.29) is 6.04 Å². The Balaban J connectivity index is 2.08. The predicted molar refractivity (Wildman–Crippen MR) is 65.5 cm³/mol. The highest BCUT2D eigenvalue weighted by molar-refractivity contribution is 7.11. The van der Waals surface area contributed by atoms with Gasteiger partial charge in [-0.1, -0.05) is 0 Å². The number of nitrogens with zero attached hydrogens (tertiary/aromatic N) is 3. The molecule has 0 bridgehead atoms. The Hall–Kier alpha value is -0.990. The zero-order valence-corrected chi connectivity index (χ0v) is 10.9. The zero-order chi connectivity index (χ0) is 12.5. The van der Waals surface area contributed by atoms with Crippen LogP contribution in [0.25, 0.3) is 0 Å². The van der Waals surface area contributed by atoms with E-state index in [2.05, 4.69) is 11.1 Å². The molecule has 1 fully saturated rings. The van der Waals surface area contributed by atoms with Gasteiger partial charge in [-0.2, -0.15) is 5.26 Å². The molecule has 1 aliphatic rings. The van der Waals surface area contributed by atoms with Crippen molar-refractivity contribution >= 4 is 11.3 Å². The summed E-state index contributed by atoms with van der Waals surface area (Å²) in [4.78, 5) is 7.19. The van der Waals surface area contributed by atoms with Gasteiger partial charge in [-0.05, 0) is 26.7 Å². The Kier molecular flexibility index (Phi) is 3.45. The molecule has 0 amide bonds. The minimum Gasteiger partial charge on any atom is -0.283 e. The zero-order valence-electron chi connectivity index (χ0n) is 10.1. The summed E-state index contributed by atoms with van der Waals surface area (Å²) in [5, 5.41) is 10.2. The first-order valence-corrected chi connectivity index (χ1v) is 6.58. The summed E-state index contributed by atoms with van der Waals surface area (Å²) in [6.07, 6.45) is 2.77. The van der Waals surface area contributed by atoms with Crippen molar-refractivity contribution in [3.8, 4) is 6.07 Å². The van der Waals surface area contributed by atoms with Crippen molar-refractivity contribution in [2.45, 2.75) is 38.4 Å². The summed E-state index contributed by atoms with van der Waals surface area (Å²) >= 11 is 1.54. The second-order valence-corrected chi connectivity index (χ2v) is 6.03. The number of halogens is 1. The van der Waals surface area contributed by atoms with Gasteiger partial charge in [0.15, 0.2) is 0 Å². The summed E-state index contributed by atoms with van der Waals surface area (Å²) in [6.45, 7) is 4.85. The number of hydrogen-bond donors (Lipinski definition) is 0. The minimum atomic E-state index is -1.07. The molecule has 1 aromatic rings. The standard InChI is InChI=1S/C12H16FN3S/c1-9-15-8-11(17-9)10(7-14)16-5-3-12(2,13)4-6-16/h8,10H,3-6H2,1-2H3. The third kappa shape index (κ3) is 2.82. The van der Waals surface area contributed by atoms with E-state index in [1.54, 1.807) is 24.5 Å². The van der Waals surface area contributed by atoms with Crippen LogP contribution in [0.15, 0.2) is 6.20 Å². The summed E-state index contributed by atoms with van der Waals surface area (Å²) in [5.74, 6) is 0. The molecule has 0 saturated carbocycles. The lowest BCUT2D eigenvalue weighted by Gasteiger charge is -2.36. The number of alkyl halides is 1. The number of likely N-dealkylation sites (tertiary alicyclic amines) is 1. The maximum Gasteiger partial charge on any atom is 0.134 e. The van der Waals surface area contributed by atoms with Gasteiger partial charge in [-0.3, -0.25) is 4.90 Å². The molecule has 0 spiro atoms. The average Bonchev–Trinajstić information content (AvgIpc) is 2.68. The van der Waals surface area contributed by atoms with Crippen molar-refractivity contribution in [2.24, 2.45) is 0 Å². The van der Waals surface area contributed by atoms with Gasteiger partial charge < -0.3 is 0 Å². The largest absolute Gasteiger partial charge is 0.283 e. The first-order chi connectivity index (χ1) is 8.02. The van der Waals surface area contributed by atoms with E-state index < -0.39 is 5.67 Å². The molecule has 2 rings (SSSR count). The first kappa shape index (κ1) is 12.5. The highest BCUT2D eigenvalue weighted by Crippen LogP contribution is 2.32.